The van der Waals surface area contributed by atoms with Crippen molar-refractivity contribution >= 4 is 39.8 Å². The lowest BCUT2D eigenvalue weighted by Gasteiger charge is -2.36. The third kappa shape index (κ3) is 6.91. The Morgan fingerprint density at radius 3 is 2.16 bits per heavy atom. The molecular weight excluding hydrogens is 580 g/mol. The first-order chi connectivity index (χ1) is 22.1. The van der Waals surface area contributed by atoms with Crippen molar-refractivity contribution in [2.45, 2.75) is 19.5 Å². The molecule has 4 heterocycles. The van der Waals surface area contributed by atoms with E-state index < -0.39 is 0 Å². The summed E-state index contributed by atoms with van der Waals surface area (Å²) in [7, 11) is 0. The fraction of sp³-hybridized carbons (Fsp3) is 0.297. The normalized spacial score (nSPS) is 16.6. The van der Waals surface area contributed by atoms with E-state index in [1.165, 1.54) is 22.3 Å². The second-order valence-electron chi connectivity index (χ2n) is 12.0. The fourth-order valence-corrected chi connectivity index (χ4v) is 6.45. The van der Waals surface area contributed by atoms with Gasteiger partial charge in [-0.3, -0.25) is 9.88 Å². The maximum Gasteiger partial charge on any atom is 0.131 e. The Labute approximate surface area is 270 Å². The zero-order chi connectivity index (χ0) is 30.6. The van der Waals surface area contributed by atoms with Crippen LogP contribution in [0, 0.1) is 6.92 Å². The Kier molecular flexibility index (Phi) is 8.83. The van der Waals surface area contributed by atoms with Gasteiger partial charge < -0.3 is 19.9 Å². The van der Waals surface area contributed by atoms with E-state index in [-0.39, 0.29) is 6.04 Å². The summed E-state index contributed by atoms with van der Waals surface area (Å²) in [4.78, 5) is 16.8. The molecule has 2 saturated heterocycles. The van der Waals surface area contributed by atoms with Crippen LogP contribution in [0.4, 0.5) is 17.3 Å². The molecule has 230 valence electrons. The molecule has 7 rings (SSSR count). The van der Waals surface area contributed by atoms with Gasteiger partial charge in [-0.2, -0.15) is 0 Å². The van der Waals surface area contributed by atoms with E-state index in [9.17, 15) is 0 Å². The number of pyridine rings is 2. The molecule has 0 bridgehead atoms. The Balaban J connectivity index is 1.03. The monoisotopic (exact) mass is 618 g/mol. The van der Waals surface area contributed by atoms with Crippen LogP contribution in [0.1, 0.15) is 28.3 Å². The van der Waals surface area contributed by atoms with Crippen LogP contribution in [0.2, 0.25) is 5.02 Å². The third-order valence-corrected chi connectivity index (χ3v) is 9.12. The maximum absolute atomic E-state index is 6.26. The van der Waals surface area contributed by atoms with Crippen LogP contribution in [-0.2, 0) is 11.3 Å². The summed E-state index contributed by atoms with van der Waals surface area (Å²) in [6.07, 6.45) is 1.84. The summed E-state index contributed by atoms with van der Waals surface area (Å²) in [5.74, 6) is 2.13. The highest BCUT2D eigenvalue weighted by Gasteiger charge is 2.21. The minimum Gasteiger partial charge on any atom is -0.378 e. The number of morpholine rings is 1. The van der Waals surface area contributed by atoms with Crippen LogP contribution in [0.25, 0.3) is 10.9 Å². The lowest BCUT2D eigenvalue weighted by molar-refractivity contribution is 0.122. The number of hydrogen-bond acceptors (Lipinski definition) is 7. The van der Waals surface area contributed by atoms with Crippen LogP contribution >= 0.6 is 11.6 Å². The number of aryl methyl sites for hydroxylation is 1. The number of anilines is 3. The zero-order valence-corrected chi connectivity index (χ0v) is 26.5. The van der Waals surface area contributed by atoms with Crippen molar-refractivity contribution < 1.29 is 4.74 Å². The van der Waals surface area contributed by atoms with Gasteiger partial charge in [-0.25, -0.2) is 4.98 Å². The molecule has 2 aliphatic rings. The standard InChI is InChI=1S/C37H39ClN6O/c1-27-5-9-29(10-6-27)37(40-33-15-16-39-34-25-31(38)13-14-32(33)34)30-11-7-28(8-12-30)26-42-17-19-43(20-18-42)35-3-2-4-36(41-35)44-21-23-45-24-22-44/h2-16,25,37H,17-24,26H2,1H3,(H,39,40). The van der Waals surface area contributed by atoms with Crippen molar-refractivity contribution in [3.05, 3.63) is 124 Å². The molecule has 7 nitrogen and oxygen atoms in total. The summed E-state index contributed by atoms with van der Waals surface area (Å²) < 4.78 is 5.52. The highest BCUT2D eigenvalue weighted by atomic mass is 35.5. The summed E-state index contributed by atoms with van der Waals surface area (Å²) in [5.41, 5.74) is 6.93. The van der Waals surface area contributed by atoms with Gasteiger partial charge in [0.05, 0.1) is 24.8 Å². The highest BCUT2D eigenvalue weighted by molar-refractivity contribution is 6.31. The van der Waals surface area contributed by atoms with E-state index in [0.717, 1.165) is 87.3 Å². The summed E-state index contributed by atoms with van der Waals surface area (Å²) in [6.45, 7) is 10.4. The SMILES string of the molecule is Cc1ccc(C(Nc2ccnc3cc(Cl)ccc23)c2ccc(CN3CCN(c4cccc(N5CCOCC5)n4)CC3)cc2)cc1. The van der Waals surface area contributed by atoms with Crippen LogP contribution in [0.15, 0.2) is 97.2 Å². The number of aromatic nitrogens is 2. The average molecular weight is 619 g/mol. The third-order valence-electron chi connectivity index (χ3n) is 8.89. The van der Waals surface area contributed by atoms with Crippen molar-refractivity contribution in [2.75, 3.05) is 67.6 Å². The van der Waals surface area contributed by atoms with Crippen LogP contribution in [0.5, 0.6) is 0 Å². The number of benzene rings is 3. The van der Waals surface area contributed by atoms with Gasteiger partial charge in [-0.05, 0) is 60.0 Å². The molecule has 1 N–H and O–H groups in total. The summed E-state index contributed by atoms with van der Waals surface area (Å²) in [6, 6.07) is 32.2. The van der Waals surface area contributed by atoms with Crippen molar-refractivity contribution in [2.24, 2.45) is 0 Å². The lowest BCUT2D eigenvalue weighted by Crippen LogP contribution is -2.46. The molecule has 2 aliphatic heterocycles. The Morgan fingerprint density at radius 2 is 1.44 bits per heavy atom. The minimum atomic E-state index is -0.00908. The number of rotatable bonds is 8. The van der Waals surface area contributed by atoms with Gasteiger partial charge in [0.1, 0.15) is 11.6 Å². The van der Waals surface area contributed by atoms with E-state index in [4.69, 9.17) is 21.3 Å². The first-order valence-corrected chi connectivity index (χ1v) is 16.2. The lowest BCUT2D eigenvalue weighted by atomic mass is 9.96. The van der Waals surface area contributed by atoms with Crippen LogP contribution in [-0.4, -0.2) is 67.4 Å². The van der Waals surface area contributed by atoms with Crippen LogP contribution in [0.3, 0.4) is 0 Å². The van der Waals surface area contributed by atoms with E-state index in [1.54, 1.807) is 0 Å². The van der Waals surface area contributed by atoms with Crippen molar-refractivity contribution in [3.8, 4) is 0 Å². The number of piperazine rings is 1. The second kappa shape index (κ2) is 13.4. The summed E-state index contributed by atoms with van der Waals surface area (Å²) in [5, 5.41) is 5.57. The second-order valence-corrected chi connectivity index (χ2v) is 12.4. The molecular formula is C37H39ClN6O. The van der Waals surface area contributed by atoms with Crippen molar-refractivity contribution in [1.82, 2.24) is 14.9 Å². The quantitative estimate of drug-likeness (QED) is 0.202. The van der Waals surface area contributed by atoms with Gasteiger partial charge in [0.25, 0.3) is 0 Å². The Bertz CT molecular complexity index is 1730. The van der Waals surface area contributed by atoms with E-state index in [1.807, 2.05) is 30.5 Å². The van der Waals surface area contributed by atoms with Gasteiger partial charge in [0, 0.05) is 68.1 Å². The van der Waals surface area contributed by atoms with Crippen LogP contribution < -0.4 is 15.1 Å². The van der Waals surface area contributed by atoms with E-state index in [0.29, 0.717) is 5.02 Å². The van der Waals surface area contributed by atoms with Crippen molar-refractivity contribution in [1.29, 1.82) is 0 Å². The maximum atomic E-state index is 6.26. The number of hydrogen-bond donors (Lipinski definition) is 1. The molecule has 2 fully saturated rings. The number of fused-ring (bicyclic) bond motifs is 1. The largest absolute Gasteiger partial charge is 0.378 e. The predicted molar refractivity (Wildman–Crippen MR) is 185 cm³/mol. The number of halogens is 1. The molecule has 0 aliphatic carbocycles. The first-order valence-electron chi connectivity index (χ1n) is 15.8. The fourth-order valence-electron chi connectivity index (χ4n) is 6.29. The minimum absolute atomic E-state index is 0.00908. The summed E-state index contributed by atoms with van der Waals surface area (Å²) >= 11 is 6.26. The molecule has 3 aromatic carbocycles. The molecule has 0 spiro atoms. The Hall–Kier alpha value is -4.17. The van der Waals surface area contributed by atoms with Gasteiger partial charge in [0.2, 0.25) is 0 Å². The van der Waals surface area contributed by atoms with Gasteiger partial charge in [-0.1, -0.05) is 71.8 Å². The number of nitrogens with zero attached hydrogens (tertiary/aromatic N) is 5. The van der Waals surface area contributed by atoms with Gasteiger partial charge >= 0.3 is 0 Å². The van der Waals surface area contributed by atoms with Gasteiger partial charge in [0.15, 0.2) is 0 Å². The van der Waals surface area contributed by atoms with E-state index in [2.05, 4.69) is 98.7 Å². The highest BCUT2D eigenvalue weighted by Crippen LogP contribution is 2.32. The predicted octanol–water partition coefficient (Wildman–Crippen LogP) is 6.95. The molecule has 0 amide bonds. The first kappa shape index (κ1) is 29.5. The molecule has 2 aromatic heterocycles. The van der Waals surface area contributed by atoms with Gasteiger partial charge in [-0.15, -0.1) is 0 Å². The Morgan fingerprint density at radius 1 is 0.778 bits per heavy atom. The zero-order valence-electron chi connectivity index (χ0n) is 25.7. The molecule has 45 heavy (non-hydrogen) atoms. The average Bonchev–Trinajstić information content (AvgIpc) is 3.09. The molecule has 0 radical (unpaired) electrons. The molecule has 5 aromatic rings. The molecule has 1 atom stereocenters. The molecule has 0 saturated carbocycles. The van der Waals surface area contributed by atoms with E-state index >= 15 is 0 Å². The number of ether oxygens (including phenoxy) is 1. The molecule has 1 unspecified atom stereocenters. The number of nitrogens with one attached hydrogen (secondary N) is 1. The molecule has 8 heteroatoms. The smallest absolute Gasteiger partial charge is 0.131 e. The topological polar surface area (TPSA) is 56.8 Å². The van der Waals surface area contributed by atoms with Crippen molar-refractivity contribution in [3.63, 3.8) is 0 Å².